The predicted molar refractivity (Wildman–Crippen MR) is 117 cm³/mol. The SMILES string of the molecule is C=S(N)(=O)c1cc(C(=O)O)cc(NCCCC)c1Oc1ccccc1CC1CC1. The Hall–Kier alpha value is -2.51. The minimum absolute atomic E-state index is 0.0144. The molecule has 4 N–H and O–H groups in total. The third-order valence-corrected chi connectivity index (χ3v) is 5.96. The summed E-state index contributed by atoms with van der Waals surface area (Å²) in [5.41, 5.74) is 1.51. The van der Waals surface area contributed by atoms with E-state index in [4.69, 9.17) is 9.88 Å². The van der Waals surface area contributed by atoms with Crippen molar-refractivity contribution in [3.8, 4) is 11.5 Å². The van der Waals surface area contributed by atoms with Crippen LogP contribution in [0.2, 0.25) is 0 Å². The van der Waals surface area contributed by atoms with Gasteiger partial charge in [-0.2, -0.15) is 0 Å². The number of para-hydroxylation sites is 1. The lowest BCUT2D eigenvalue weighted by Crippen LogP contribution is -2.16. The maximum atomic E-state index is 12.7. The van der Waals surface area contributed by atoms with Gasteiger partial charge in [0, 0.05) is 6.54 Å². The highest BCUT2D eigenvalue weighted by Crippen LogP contribution is 2.40. The number of hydrogen-bond donors (Lipinski definition) is 3. The van der Waals surface area contributed by atoms with Crippen LogP contribution in [0.15, 0.2) is 41.3 Å². The Morgan fingerprint density at radius 3 is 2.69 bits per heavy atom. The quantitative estimate of drug-likeness (QED) is 0.396. The van der Waals surface area contributed by atoms with Gasteiger partial charge in [0.05, 0.1) is 25.9 Å². The van der Waals surface area contributed by atoms with E-state index in [1.165, 1.54) is 25.0 Å². The van der Waals surface area contributed by atoms with Gasteiger partial charge in [-0.1, -0.05) is 31.5 Å². The van der Waals surface area contributed by atoms with Gasteiger partial charge in [-0.15, -0.1) is 0 Å². The van der Waals surface area contributed by atoms with E-state index in [1.54, 1.807) is 0 Å². The maximum Gasteiger partial charge on any atom is 0.335 e. The van der Waals surface area contributed by atoms with Crippen molar-refractivity contribution in [2.75, 3.05) is 11.9 Å². The number of anilines is 1. The Labute approximate surface area is 172 Å². The molecule has 1 unspecified atom stereocenters. The van der Waals surface area contributed by atoms with Crippen molar-refractivity contribution < 1.29 is 18.8 Å². The summed E-state index contributed by atoms with van der Waals surface area (Å²) in [6.45, 7) is 2.69. The third kappa shape index (κ3) is 5.52. The summed E-state index contributed by atoms with van der Waals surface area (Å²) in [7, 11) is -3.21. The minimum atomic E-state index is -3.21. The number of rotatable bonds is 10. The molecule has 6 nitrogen and oxygen atoms in total. The Morgan fingerprint density at radius 2 is 2.07 bits per heavy atom. The first kappa shape index (κ1) is 21.2. The normalized spacial score (nSPS) is 15.5. The zero-order chi connectivity index (χ0) is 21.0. The van der Waals surface area contributed by atoms with Crippen LogP contribution in [0.4, 0.5) is 5.69 Å². The topological polar surface area (TPSA) is 102 Å². The van der Waals surface area contributed by atoms with Gasteiger partial charge >= 0.3 is 5.97 Å². The summed E-state index contributed by atoms with van der Waals surface area (Å²) in [6, 6.07) is 10.5. The molecule has 29 heavy (non-hydrogen) atoms. The first-order valence-electron chi connectivity index (χ1n) is 9.85. The first-order valence-corrected chi connectivity index (χ1v) is 11.6. The van der Waals surface area contributed by atoms with E-state index in [0.29, 0.717) is 23.9 Å². The van der Waals surface area contributed by atoms with Crippen LogP contribution in [0.5, 0.6) is 11.5 Å². The Bertz CT molecular complexity index is 998. The molecule has 0 radical (unpaired) electrons. The number of ether oxygens (including phenoxy) is 1. The lowest BCUT2D eigenvalue weighted by molar-refractivity contribution is 0.0696. The van der Waals surface area contributed by atoms with E-state index in [9.17, 15) is 14.1 Å². The number of aromatic carboxylic acids is 1. The summed E-state index contributed by atoms with van der Waals surface area (Å²) >= 11 is 0. The second-order valence-corrected chi connectivity index (χ2v) is 9.41. The number of carboxylic acids is 1. The Morgan fingerprint density at radius 1 is 1.34 bits per heavy atom. The highest BCUT2D eigenvalue weighted by atomic mass is 32.2. The van der Waals surface area contributed by atoms with Crippen molar-refractivity contribution in [2.45, 2.75) is 43.9 Å². The smallest absolute Gasteiger partial charge is 0.335 e. The van der Waals surface area contributed by atoms with E-state index < -0.39 is 15.7 Å². The average Bonchev–Trinajstić information content (AvgIpc) is 3.47. The number of nitrogens with one attached hydrogen (secondary N) is 1. The van der Waals surface area contributed by atoms with E-state index in [1.807, 2.05) is 24.3 Å². The van der Waals surface area contributed by atoms with Gasteiger partial charge in [0.1, 0.15) is 5.75 Å². The van der Waals surface area contributed by atoms with Crippen LogP contribution >= 0.6 is 0 Å². The van der Waals surface area contributed by atoms with E-state index in [0.717, 1.165) is 24.8 Å². The molecule has 1 atom stereocenters. The highest BCUT2D eigenvalue weighted by Gasteiger charge is 2.25. The third-order valence-electron chi connectivity index (χ3n) is 4.91. The fourth-order valence-corrected chi connectivity index (χ4v) is 3.93. The van der Waals surface area contributed by atoms with Gasteiger partial charge in [0.15, 0.2) is 5.75 Å². The molecule has 0 aromatic heterocycles. The molecule has 0 heterocycles. The highest BCUT2D eigenvalue weighted by molar-refractivity contribution is 7.98. The minimum Gasteiger partial charge on any atom is -0.478 e. The molecule has 0 aliphatic heterocycles. The van der Waals surface area contributed by atoms with Gasteiger partial charge in [0.2, 0.25) is 0 Å². The van der Waals surface area contributed by atoms with Crippen LogP contribution in [0, 0.1) is 5.92 Å². The molecule has 0 saturated heterocycles. The summed E-state index contributed by atoms with van der Waals surface area (Å²) in [6.07, 6.45) is 5.21. The van der Waals surface area contributed by atoms with Crippen LogP contribution in [0.25, 0.3) is 0 Å². The zero-order valence-corrected chi connectivity index (χ0v) is 17.5. The van der Waals surface area contributed by atoms with Gasteiger partial charge in [-0.25, -0.2) is 9.00 Å². The number of unbranched alkanes of at least 4 members (excludes halogenated alkanes) is 1. The second-order valence-electron chi connectivity index (χ2n) is 7.52. The summed E-state index contributed by atoms with van der Waals surface area (Å²) in [5.74, 6) is 4.04. The number of carbonyl (C=O) groups is 1. The van der Waals surface area contributed by atoms with Gasteiger partial charge in [-0.05, 0) is 61.2 Å². The van der Waals surface area contributed by atoms with Crippen molar-refractivity contribution in [1.82, 2.24) is 0 Å². The summed E-state index contributed by atoms with van der Waals surface area (Å²) in [5, 5.41) is 18.5. The monoisotopic (exact) mass is 416 g/mol. The van der Waals surface area contributed by atoms with Crippen molar-refractivity contribution in [3.63, 3.8) is 0 Å². The van der Waals surface area contributed by atoms with Gasteiger partial charge in [0.25, 0.3) is 0 Å². The molecular weight excluding hydrogens is 388 g/mol. The first-order chi connectivity index (χ1) is 13.8. The van der Waals surface area contributed by atoms with Gasteiger partial charge in [-0.3, -0.25) is 5.14 Å². The molecule has 1 saturated carbocycles. The molecule has 0 bridgehead atoms. The zero-order valence-electron chi connectivity index (χ0n) is 16.6. The maximum absolute atomic E-state index is 12.7. The van der Waals surface area contributed by atoms with Crippen molar-refractivity contribution >= 4 is 27.2 Å². The molecule has 156 valence electrons. The number of hydrogen-bond acceptors (Lipinski definition) is 4. The molecule has 0 spiro atoms. The Kier molecular flexibility index (Phi) is 6.49. The second kappa shape index (κ2) is 8.88. The molecule has 3 rings (SSSR count). The lowest BCUT2D eigenvalue weighted by Gasteiger charge is -2.20. The van der Waals surface area contributed by atoms with Crippen molar-refractivity contribution in [3.05, 3.63) is 47.5 Å². The van der Waals surface area contributed by atoms with E-state index in [2.05, 4.69) is 18.1 Å². The van der Waals surface area contributed by atoms with Crippen LogP contribution in [0.3, 0.4) is 0 Å². The largest absolute Gasteiger partial charge is 0.478 e. The lowest BCUT2D eigenvalue weighted by atomic mass is 10.1. The van der Waals surface area contributed by atoms with Crippen LogP contribution in [0.1, 0.15) is 48.5 Å². The van der Waals surface area contributed by atoms with Crippen molar-refractivity contribution in [2.24, 2.45) is 11.1 Å². The number of benzene rings is 2. The fraction of sp³-hybridized carbons (Fsp3) is 0.364. The summed E-state index contributed by atoms with van der Waals surface area (Å²) in [4.78, 5) is 11.7. The molecule has 2 aromatic rings. The van der Waals surface area contributed by atoms with E-state index in [-0.39, 0.29) is 16.2 Å². The fourth-order valence-electron chi connectivity index (χ4n) is 3.13. The van der Waals surface area contributed by atoms with Crippen LogP contribution in [-0.2, 0) is 16.1 Å². The van der Waals surface area contributed by atoms with E-state index >= 15 is 0 Å². The molecule has 2 aromatic carbocycles. The standard InChI is InChI=1S/C22H28N2O4S/c1-3-4-11-24-18-13-17(22(25)26)14-20(29(2,23)27)21(18)28-19-8-6-5-7-16(19)12-15-9-10-15/h5-8,13-15,24H,2-4,9-12H2,1H3,(H2,23,27)(H,25,26). The van der Waals surface area contributed by atoms with Crippen molar-refractivity contribution in [1.29, 1.82) is 0 Å². The predicted octanol–water partition coefficient (Wildman–Crippen LogP) is 4.29. The number of carboxylic acid groups (broad SMARTS) is 1. The summed E-state index contributed by atoms with van der Waals surface area (Å²) < 4.78 is 18.9. The molecule has 1 aliphatic carbocycles. The van der Waals surface area contributed by atoms with Gasteiger partial charge < -0.3 is 15.2 Å². The molecule has 0 amide bonds. The van der Waals surface area contributed by atoms with Crippen LogP contribution < -0.4 is 15.2 Å². The average molecular weight is 417 g/mol. The molecule has 1 aliphatic rings. The molecule has 7 heteroatoms. The molecular formula is C22H28N2O4S. The Balaban J connectivity index is 2.08. The molecule has 1 fully saturated rings. The van der Waals surface area contributed by atoms with Crippen LogP contribution in [-0.4, -0.2) is 27.7 Å². The number of nitrogens with two attached hydrogens (primary N) is 1.